The topological polar surface area (TPSA) is 74.4 Å². The van der Waals surface area contributed by atoms with Gasteiger partial charge in [0.25, 0.3) is 0 Å². The third-order valence-electron chi connectivity index (χ3n) is 3.85. The Hall–Kier alpha value is -2.64. The first-order chi connectivity index (χ1) is 12.2. The molecule has 2 aromatic rings. The molecule has 6 nitrogen and oxygen atoms in total. The Morgan fingerprint density at radius 3 is 2.56 bits per heavy atom. The molecule has 1 aliphatic rings. The number of hydrogen-bond acceptors (Lipinski definition) is 5. The lowest BCUT2D eigenvalue weighted by molar-refractivity contribution is -0.126. The van der Waals surface area contributed by atoms with E-state index in [0.29, 0.717) is 18.7 Å². The summed E-state index contributed by atoms with van der Waals surface area (Å²) in [4.78, 5) is 12.3. The Morgan fingerprint density at radius 1 is 1.12 bits per heavy atom. The molecule has 1 amide bonds. The largest absolute Gasteiger partial charge is 0.494 e. The lowest BCUT2D eigenvalue weighted by atomic mass is 10.1. The molecule has 1 saturated heterocycles. The second kappa shape index (κ2) is 7.96. The first-order valence-electron chi connectivity index (χ1n) is 8.20. The Kier molecular flexibility index (Phi) is 5.47. The van der Waals surface area contributed by atoms with Gasteiger partial charge in [-0.3, -0.25) is 4.79 Å². The van der Waals surface area contributed by atoms with E-state index in [1.165, 1.54) is 6.07 Å². The Bertz CT molecular complexity index is 723. The van der Waals surface area contributed by atoms with E-state index >= 15 is 0 Å². The molecule has 1 heterocycles. The van der Waals surface area contributed by atoms with E-state index in [2.05, 4.69) is 21.5 Å². The van der Waals surface area contributed by atoms with Gasteiger partial charge in [0.15, 0.2) is 6.29 Å². The fourth-order valence-corrected chi connectivity index (χ4v) is 2.60. The Morgan fingerprint density at radius 2 is 1.88 bits per heavy atom. The van der Waals surface area contributed by atoms with Crippen molar-refractivity contribution in [2.45, 2.75) is 25.7 Å². The van der Waals surface area contributed by atoms with Crippen molar-refractivity contribution in [3.05, 3.63) is 59.9 Å². The van der Waals surface area contributed by atoms with Crippen molar-refractivity contribution in [2.24, 2.45) is 0 Å². The smallest absolute Gasteiger partial charge is 0.241 e. The van der Waals surface area contributed by atoms with Gasteiger partial charge < -0.3 is 15.4 Å². The highest BCUT2D eigenvalue weighted by Crippen LogP contribution is 2.15. The SMILES string of the molecule is CCOc1ccc(CC2NNC(Nc3ccccc3F)NC2=O)cc1. The van der Waals surface area contributed by atoms with Gasteiger partial charge >= 0.3 is 0 Å². The van der Waals surface area contributed by atoms with Gasteiger partial charge in [-0.25, -0.2) is 15.2 Å². The average Bonchev–Trinajstić information content (AvgIpc) is 2.61. The molecule has 4 N–H and O–H groups in total. The molecule has 0 bridgehead atoms. The van der Waals surface area contributed by atoms with Crippen molar-refractivity contribution >= 4 is 11.6 Å². The fourth-order valence-electron chi connectivity index (χ4n) is 2.60. The van der Waals surface area contributed by atoms with E-state index in [9.17, 15) is 9.18 Å². The molecule has 0 radical (unpaired) electrons. The van der Waals surface area contributed by atoms with Crippen molar-refractivity contribution in [1.29, 1.82) is 0 Å². The predicted molar refractivity (Wildman–Crippen MR) is 93.3 cm³/mol. The van der Waals surface area contributed by atoms with Crippen LogP contribution in [-0.2, 0) is 11.2 Å². The van der Waals surface area contributed by atoms with Crippen LogP contribution >= 0.6 is 0 Å². The summed E-state index contributed by atoms with van der Waals surface area (Å²) in [6.45, 7) is 2.55. The minimum Gasteiger partial charge on any atom is -0.494 e. The highest BCUT2D eigenvalue weighted by atomic mass is 19.1. The van der Waals surface area contributed by atoms with Crippen molar-refractivity contribution in [1.82, 2.24) is 16.2 Å². The minimum atomic E-state index is -0.596. The van der Waals surface area contributed by atoms with E-state index in [1.54, 1.807) is 18.2 Å². The zero-order valence-electron chi connectivity index (χ0n) is 13.9. The fraction of sp³-hybridized carbons (Fsp3) is 0.278. The summed E-state index contributed by atoms with van der Waals surface area (Å²) in [5.41, 5.74) is 7.24. The van der Waals surface area contributed by atoms with Gasteiger partial charge in [0.2, 0.25) is 5.91 Å². The van der Waals surface area contributed by atoms with Crippen LogP contribution in [0.2, 0.25) is 0 Å². The monoisotopic (exact) mass is 344 g/mol. The lowest BCUT2D eigenvalue weighted by Crippen LogP contribution is -2.68. The number of hydrazine groups is 1. The molecule has 2 atom stereocenters. The van der Waals surface area contributed by atoms with Crippen LogP contribution in [0.15, 0.2) is 48.5 Å². The van der Waals surface area contributed by atoms with E-state index in [-0.39, 0.29) is 11.7 Å². The molecule has 0 saturated carbocycles. The van der Waals surface area contributed by atoms with Gasteiger partial charge in [0.1, 0.15) is 17.6 Å². The molecule has 1 aliphatic heterocycles. The Balaban J connectivity index is 1.55. The quantitative estimate of drug-likeness (QED) is 0.643. The van der Waals surface area contributed by atoms with Crippen LogP contribution in [0.4, 0.5) is 10.1 Å². The number of carbonyl (C=O) groups excluding carboxylic acids is 1. The van der Waals surface area contributed by atoms with Crippen LogP contribution in [0.25, 0.3) is 0 Å². The average molecular weight is 344 g/mol. The van der Waals surface area contributed by atoms with E-state index in [0.717, 1.165) is 11.3 Å². The number of amides is 1. The summed E-state index contributed by atoms with van der Waals surface area (Å²) in [6, 6.07) is 13.5. The summed E-state index contributed by atoms with van der Waals surface area (Å²) in [5.74, 6) is 0.260. The molecule has 132 valence electrons. The molecule has 2 unspecified atom stereocenters. The van der Waals surface area contributed by atoms with Gasteiger partial charge in [-0.1, -0.05) is 24.3 Å². The van der Waals surface area contributed by atoms with Crippen LogP contribution in [0, 0.1) is 5.82 Å². The van der Waals surface area contributed by atoms with Crippen molar-refractivity contribution in [3.63, 3.8) is 0 Å². The van der Waals surface area contributed by atoms with Gasteiger partial charge in [-0.2, -0.15) is 0 Å². The molecule has 0 spiro atoms. The molecule has 1 fully saturated rings. The number of rotatable bonds is 6. The molecular weight excluding hydrogens is 323 g/mol. The van der Waals surface area contributed by atoms with Crippen molar-refractivity contribution < 1.29 is 13.9 Å². The van der Waals surface area contributed by atoms with Gasteiger partial charge in [0, 0.05) is 0 Å². The first-order valence-corrected chi connectivity index (χ1v) is 8.20. The highest BCUT2D eigenvalue weighted by Gasteiger charge is 2.27. The van der Waals surface area contributed by atoms with Crippen LogP contribution in [0.5, 0.6) is 5.75 Å². The molecule has 25 heavy (non-hydrogen) atoms. The highest BCUT2D eigenvalue weighted by molar-refractivity contribution is 5.83. The van der Waals surface area contributed by atoms with Crippen LogP contribution in [0.1, 0.15) is 12.5 Å². The van der Waals surface area contributed by atoms with E-state index in [1.807, 2.05) is 31.2 Å². The third kappa shape index (κ3) is 4.46. The molecule has 0 aliphatic carbocycles. The number of halogens is 1. The first kappa shape index (κ1) is 17.2. The maximum Gasteiger partial charge on any atom is 0.241 e. The number of ether oxygens (including phenoxy) is 1. The van der Waals surface area contributed by atoms with Crippen molar-refractivity contribution in [2.75, 3.05) is 11.9 Å². The molecule has 2 aromatic carbocycles. The van der Waals surface area contributed by atoms with Crippen LogP contribution in [0.3, 0.4) is 0 Å². The maximum atomic E-state index is 13.7. The molecular formula is C18H21FN4O2. The van der Waals surface area contributed by atoms with Crippen molar-refractivity contribution in [3.8, 4) is 5.75 Å². The molecule has 3 rings (SSSR count). The number of anilines is 1. The number of carbonyl (C=O) groups is 1. The standard InChI is InChI=1S/C18H21FN4O2/c1-2-25-13-9-7-12(8-10-13)11-16-17(24)21-18(23-22-16)20-15-6-4-3-5-14(15)19/h3-10,16,18,20,22-23H,2,11H2,1H3,(H,21,24). The summed E-state index contributed by atoms with van der Waals surface area (Å²) < 4.78 is 19.1. The summed E-state index contributed by atoms with van der Waals surface area (Å²) in [5, 5.41) is 5.67. The maximum absolute atomic E-state index is 13.7. The summed E-state index contributed by atoms with van der Waals surface area (Å²) in [7, 11) is 0. The predicted octanol–water partition coefficient (Wildman–Crippen LogP) is 1.76. The second-order valence-electron chi connectivity index (χ2n) is 5.69. The Labute approximate surface area is 145 Å². The number of benzene rings is 2. The molecule has 0 aromatic heterocycles. The third-order valence-corrected chi connectivity index (χ3v) is 3.85. The number of para-hydroxylation sites is 1. The summed E-state index contributed by atoms with van der Waals surface area (Å²) >= 11 is 0. The van der Waals surface area contributed by atoms with E-state index < -0.39 is 12.3 Å². The van der Waals surface area contributed by atoms with Crippen LogP contribution < -0.4 is 26.2 Å². The molecule has 7 heteroatoms. The normalized spacial score (nSPS) is 20.0. The zero-order chi connectivity index (χ0) is 17.6. The van der Waals surface area contributed by atoms with Gasteiger partial charge in [-0.15, -0.1) is 0 Å². The number of hydrogen-bond donors (Lipinski definition) is 4. The van der Waals surface area contributed by atoms with E-state index in [4.69, 9.17) is 4.74 Å². The van der Waals surface area contributed by atoms with Crippen LogP contribution in [-0.4, -0.2) is 24.8 Å². The van der Waals surface area contributed by atoms with Gasteiger partial charge in [0.05, 0.1) is 12.3 Å². The lowest BCUT2D eigenvalue weighted by Gasteiger charge is -2.32. The minimum absolute atomic E-state index is 0.165. The number of nitrogens with one attached hydrogen (secondary N) is 4. The zero-order valence-corrected chi connectivity index (χ0v) is 13.9. The second-order valence-corrected chi connectivity index (χ2v) is 5.69. The summed E-state index contributed by atoms with van der Waals surface area (Å²) in [6.07, 6.45) is -0.0709. The van der Waals surface area contributed by atoms with Gasteiger partial charge in [-0.05, 0) is 43.2 Å².